The van der Waals surface area contributed by atoms with Gasteiger partial charge < -0.3 is 10.6 Å². The van der Waals surface area contributed by atoms with E-state index in [1.807, 2.05) is 20.8 Å². The maximum Gasteiger partial charge on any atom is 0.239 e. The van der Waals surface area contributed by atoms with Crippen molar-refractivity contribution < 1.29 is 4.79 Å². The van der Waals surface area contributed by atoms with Crippen LogP contribution in [0.25, 0.3) is 0 Å². The Balaban J connectivity index is 2.62. The molecule has 0 radical (unpaired) electrons. The second-order valence-electron chi connectivity index (χ2n) is 5.15. The number of carbonyl (C=O) groups excluding carboxylic acids is 1. The standard InChI is InChI=1S/C13H18N4O/c1-9-5-10(7-14)6-11(16-9)15-8-12(18)17-13(2,3)4/h5-6H,8H2,1-4H3,(H,15,16)(H,17,18). The predicted molar refractivity (Wildman–Crippen MR) is 70.1 cm³/mol. The molecule has 0 unspecified atom stereocenters. The molecule has 5 nitrogen and oxygen atoms in total. The zero-order valence-electron chi connectivity index (χ0n) is 11.2. The first-order chi connectivity index (χ1) is 8.30. The topological polar surface area (TPSA) is 77.8 Å². The molecule has 0 aliphatic rings. The van der Waals surface area contributed by atoms with Gasteiger partial charge in [-0.05, 0) is 39.8 Å². The zero-order chi connectivity index (χ0) is 13.8. The van der Waals surface area contributed by atoms with Crippen LogP contribution in [-0.2, 0) is 4.79 Å². The van der Waals surface area contributed by atoms with Gasteiger partial charge in [-0.15, -0.1) is 0 Å². The Morgan fingerprint density at radius 3 is 2.67 bits per heavy atom. The fraction of sp³-hybridized carbons (Fsp3) is 0.462. The van der Waals surface area contributed by atoms with Gasteiger partial charge in [-0.25, -0.2) is 4.98 Å². The van der Waals surface area contributed by atoms with Crippen LogP contribution in [0.2, 0.25) is 0 Å². The van der Waals surface area contributed by atoms with E-state index >= 15 is 0 Å². The summed E-state index contributed by atoms with van der Waals surface area (Å²) in [5.41, 5.74) is 1.02. The largest absolute Gasteiger partial charge is 0.361 e. The van der Waals surface area contributed by atoms with Gasteiger partial charge in [0.05, 0.1) is 18.2 Å². The SMILES string of the molecule is Cc1cc(C#N)cc(NCC(=O)NC(C)(C)C)n1. The summed E-state index contributed by atoms with van der Waals surface area (Å²) >= 11 is 0. The summed E-state index contributed by atoms with van der Waals surface area (Å²) in [4.78, 5) is 15.8. The van der Waals surface area contributed by atoms with Gasteiger partial charge in [0, 0.05) is 11.2 Å². The van der Waals surface area contributed by atoms with E-state index < -0.39 is 0 Å². The van der Waals surface area contributed by atoms with Crippen molar-refractivity contribution in [3.63, 3.8) is 0 Å². The maximum atomic E-state index is 11.6. The average Bonchev–Trinajstić information content (AvgIpc) is 2.23. The minimum Gasteiger partial charge on any atom is -0.361 e. The van der Waals surface area contributed by atoms with Crippen molar-refractivity contribution in [2.75, 3.05) is 11.9 Å². The van der Waals surface area contributed by atoms with E-state index in [1.165, 1.54) is 0 Å². The highest BCUT2D eigenvalue weighted by Crippen LogP contribution is 2.08. The molecule has 0 aromatic carbocycles. The predicted octanol–water partition coefficient (Wildman–Crippen LogP) is 1.59. The van der Waals surface area contributed by atoms with Crippen molar-refractivity contribution >= 4 is 11.7 Å². The lowest BCUT2D eigenvalue weighted by Gasteiger charge is -2.20. The molecule has 0 aliphatic heterocycles. The van der Waals surface area contributed by atoms with Crippen LogP contribution in [0.5, 0.6) is 0 Å². The van der Waals surface area contributed by atoms with Gasteiger partial charge in [-0.2, -0.15) is 5.26 Å². The van der Waals surface area contributed by atoms with Gasteiger partial charge in [0.1, 0.15) is 5.82 Å². The van der Waals surface area contributed by atoms with Gasteiger partial charge >= 0.3 is 0 Å². The van der Waals surface area contributed by atoms with E-state index in [-0.39, 0.29) is 18.0 Å². The van der Waals surface area contributed by atoms with Crippen molar-refractivity contribution in [2.24, 2.45) is 0 Å². The highest BCUT2D eigenvalue weighted by Gasteiger charge is 2.13. The Morgan fingerprint density at radius 1 is 1.44 bits per heavy atom. The number of nitrogens with zero attached hydrogens (tertiary/aromatic N) is 2. The van der Waals surface area contributed by atoms with Crippen LogP contribution in [0.15, 0.2) is 12.1 Å². The van der Waals surface area contributed by atoms with Gasteiger partial charge in [0.25, 0.3) is 0 Å². The van der Waals surface area contributed by atoms with Gasteiger partial charge in [-0.3, -0.25) is 4.79 Å². The van der Waals surface area contributed by atoms with Crippen molar-refractivity contribution in [2.45, 2.75) is 33.2 Å². The summed E-state index contributed by atoms with van der Waals surface area (Å²) in [5, 5.41) is 14.6. The lowest BCUT2D eigenvalue weighted by molar-refractivity contribution is -0.120. The maximum absolute atomic E-state index is 11.6. The summed E-state index contributed by atoms with van der Waals surface area (Å²) in [6, 6.07) is 5.37. The van der Waals surface area contributed by atoms with E-state index in [2.05, 4.69) is 21.7 Å². The van der Waals surface area contributed by atoms with E-state index in [0.717, 1.165) is 5.69 Å². The van der Waals surface area contributed by atoms with Crippen LogP contribution in [0.3, 0.4) is 0 Å². The molecule has 1 aromatic heterocycles. The summed E-state index contributed by atoms with van der Waals surface area (Å²) in [6.45, 7) is 7.71. The Labute approximate surface area is 107 Å². The molecule has 1 aromatic rings. The Kier molecular flexibility index (Phi) is 4.27. The van der Waals surface area contributed by atoms with Gasteiger partial charge in [0.15, 0.2) is 0 Å². The summed E-state index contributed by atoms with van der Waals surface area (Å²) < 4.78 is 0. The van der Waals surface area contributed by atoms with Crippen LogP contribution in [0.4, 0.5) is 5.82 Å². The van der Waals surface area contributed by atoms with Gasteiger partial charge in [0.2, 0.25) is 5.91 Å². The number of pyridine rings is 1. The number of anilines is 1. The van der Waals surface area contributed by atoms with Crippen LogP contribution >= 0.6 is 0 Å². The van der Waals surface area contributed by atoms with E-state index in [9.17, 15) is 4.79 Å². The second-order valence-corrected chi connectivity index (χ2v) is 5.15. The molecule has 0 atom stereocenters. The first kappa shape index (κ1) is 14.0. The molecule has 0 fully saturated rings. The minimum atomic E-state index is -0.253. The third kappa shape index (κ3) is 4.83. The summed E-state index contributed by atoms with van der Waals surface area (Å²) in [7, 11) is 0. The molecule has 0 spiro atoms. The normalized spacial score (nSPS) is 10.6. The Morgan fingerprint density at radius 2 is 2.11 bits per heavy atom. The number of rotatable bonds is 3. The van der Waals surface area contributed by atoms with Crippen LogP contribution < -0.4 is 10.6 Å². The highest BCUT2D eigenvalue weighted by atomic mass is 16.2. The smallest absolute Gasteiger partial charge is 0.239 e. The van der Waals surface area contributed by atoms with Crippen LogP contribution in [-0.4, -0.2) is 23.0 Å². The molecule has 18 heavy (non-hydrogen) atoms. The van der Waals surface area contributed by atoms with E-state index in [0.29, 0.717) is 11.4 Å². The molecular weight excluding hydrogens is 228 g/mol. The molecule has 5 heteroatoms. The Hall–Kier alpha value is -2.09. The molecule has 1 heterocycles. The number of aromatic nitrogens is 1. The molecule has 96 valence electrons. The number of carbonyl (C=O) groups is 1. The number of aryl methyl sites for hydroxylation is 1. The first-order valence-electron chi connectivity index (χ1n) is 5.74. The number of nitrogens with one attached hydrogen (secondary N) is 2. The lowest BCUT2D eigenvalue weighted by atomic mass is 10.1. The van der Waals surface area contributed by atoms with Crippen molar-refractivity contribution in [1.29, 1.82) is 5.26 Å². The quantitative estimate of drug-likeness (QED) is 0.849. The molecule has 1 amide bonds. The fourth-order valence-electron chi connectivity index (χ4n) is 1.46. The molecule has 1 rings (SSSR count). The molecule has 0 saturated carbocycles. The average molecular weight is 246 g/mol. The number of nitriles is 1. The van der Waals surface area contributed by atoms with E-state index in [4.69, 9.17) is 5.26 Å². The summed E-state index contributed by atoms with van der Waals surface area (Å²) in [6.07, 6.45) is 0. The van der Waals surface area contributed by atoms with Crippen molar-refractivity contribution in [3.8, 4) is 6.07 Å². The number of hydrogen-bond donors (Lipinski definition) is 2. The molecule has 2 N–H and O–H groups in total. The number of hydrogen-bond acceptors (Lipinski definition) is 4. The third-order valence-electron chi connectivity index (χ3n) is 2.03. The van der Waals surface area contributed by atoms with Crippen molar-refractivity contribution in [3.05, 3.63) is 23.4 Å². The fourth-order valence-corrected chi connectivity index (χ4v) is 1.46. The number of amides is 1. The highest BCUT2D eigenvalue weighted by molar-refractivity contribution is 5.81. The molecule has 0 bridgehead atoms. The molecule has 0 aliphatic carbocycles. The lowest BCUT2D eigenvalue weighted by Crippen LogP contribution is -2.43. The van der Waals surface area contributed by atoms with E-state index in [1.54, 1.807) is 19.1 Å². The van der Waals surface area contributed by atoms with Crippen LogP contribution in [0.1, 0.15) is 32.0 Å². The van der Waals surface area contributed by atoms with Gasteiger partial charge in [-0.1, -0.05) is 0 Å². The molecule has 0 saturated heterocycles. The van der Waals surface area contributed by atoms with Crippen molar-refractivity contribution in [1.82, 2.24) is 10.3 Å². The monoisotopic (exact) mass is 246 g/mol. The third-order valence-corrected chi connectivity index (χ3v) is 2.03. The first-order valence-corrected chi connectivity index (χ1v) is 5.74. The Bertz CT molecular complexity index is 483. The minimum absolute atomic E-state index is 0.107. The van der Waals surface area contributed by atoms with Crippen LogP contribution in [0, 0.1) is 18.3 Å². The summed E-state index contributed by atoms with van der Waals surface area (Å²) in [5.74, 6) is 0.430. The zero-order valence-corrected chi connectivity index (χ0v) is 11.2. The second kappa shape index (κ2) is 5.50. The molecular formula is C13H18N4O.